The van der Waals surface area contributed by atoms with E-state index in [2.05, 4.69) is 21.5 Å². The number of fused-ring (bicyclic) bond motifs is 3. The third-order valence-corrected chi connectivity index (χ3v) is 7.11. The van der Waals surface area contributed by atoms with Crippen LogP contribution in [0.2, 0.25) is 0 Å². The number of nitriles is 1. The smallest absolute Gasteiger partial charge is 0.318 e. The van der Waals surface area contributed by atoms with Gasteiger partial charge in [0.2, 0.25) is 0 Å². The molecule has 0 fully saturated rings. The molecule has 0 unspecified atom stereocenters. The summed E-state index contributed by atoms with van der Waals surface area (Å²) < 4.78 is 3.25. The molecule has 38 heavy (non-hydrogen) atoms. The standard InChI is InChI=1S/C29H26N8O/c1-29(2,17-30)20-6-8-21(9-7-20)37-27-25(36(4)28(37)38)15-32-24-12-11-23(34-26(24)27)18-5-10-22(31-13-18)19-14-33-35(3)16-19/h5-13,15-16,33H,14H2,1-4H3. The number of hydrogen-bond donors (Lipinski definition) is 1. The van der Waals surface area contributed by atoms with Crippen molar-refractivity contribution in [2.75, 3.05) is 13.6 Å². The van der Waals surface area contributed by atoms with E-state index >= 15 is 0 Å². The number of hydrogen-bond acceptors (Lipinski definition) is 7. The fraction of sp³-hybridized carbons (Fsp3) is 0.207. The fourth-order valence-corrected chi connectivity index (χ4v) is 4.78. The van der Waals surface area contributed by atoms with Gasteiger partial charge in [-0.2, -0.15) is 5.26 Å². The first-order valence-electron chi connectivity index (χ1n) is 12.3. The van der Waals surface area contributed by atoms with Crippen molar-refractivity contribution in [1.29, 1.82) is 5.26 Å². The van der Waals surface area contributed by atoms with E-state index in [4.69, 9.17) is 4.98 Å². The van der Waals surface area contributed by atoms with Crippen LogP contribution in [0.5, 0.6) is 0 Å². The molecule has 0 spiro atoms. The number of benzene rings is 1. The highest BCUT2D eigenvalue weighted by molar-refractivity contribution is 6.01. The summed E-state index contributed by atoms with van der Waals surface area (Å²) in [5, 5.41) is 11.4. The maximum Gasteiger partial charge on any atom is 0.333 e. The fourth-order valence-electron chi connectivity index (χ4n) is 4.78. The molecule has 4 aromatic heterocycles. The van der Waals surface area contributed by atoms with Gasteiger partial charge in [0, 0.05) is 44.2 Å². The van der Waals surface area contributed by atoms with Gasteiger partial charge in [-0.15, -0.1) is 0 Å². The summed E-state index contributed by atoms with van der Waals surface area (Å²) in [6, 6.07) is 17.7. The van der Waals surface area contributed by atoms with E-state index in [1.807, 2.05) is 86.8 Å². The number of aromatic nitrogens is 5. The summed E-state index contributed by atoms with van der Waals surface area (Å²) in [5.41, 5.74) is 10.3. The minimum atomic E-state index is -0.625. The van der Waals surface area contributed by atoms with Gasteiger partial charge < -0.3 is 5.01 Å². The van der Waals surface area contributed by atoms with Gasteiger partial charge in [0.25, 0.3) is 0 Å². The molecular weight excluding hydrogens is 476 g/mol. The first-order valence-corrected chi connectivity index (χ1v) is 12.3. The molecule has 0 amide bonds. The second-order valence-corrected chi connectivity index (χ2v) is 10.0. The van der Waals surface area contributed by atoms with Crippen LogP contribution in [0.4, 0.5) is 0 Å². The summed E-state index contributed by atoms with van der Waals surface area (Å²) in [4.78, 5) is 27.6. The molecular formula is C29H26N8O. The highest BCUT2D eigenvalue weighted by atomic mass is 16.1. The number of imidazole rings is 1. The number of nitrogens with one attached hydrogen (secondary N) is 1. The van der Waals surface area contributed by atoms with Crippen LogP contribution in [0, 0.1) is 11.3 Å². The SMILES string of the molecule is CN1C=C(c2ccc(-c3ccc4ncc5c(c4n3)n(-c3ccc(C(C)(C)C#N)cc3)c(=O)n5C)cn2)CN1. The highest BCUT2D eigenvalue weighted by Gasteiger charge is 2.21. The quantitative estimate of drug-likeness (QED) is 0.397. The monoisotopic (exact) mass is 502 g/mol. The number of nitrogens with zero attached hydrogens (tertiary/aromatic N) is 7. The van der Waals surface area contributed by atoms with E-state index in [-0.39, 0.29) is 5.69 Å². The molecule has 0 aliphatic carbocycles. The number of aryl methyl sites for hydroxylation is 1. The Hall–Kier alpha value is -4.81. The third-order valence-electron chi connectivity index (χ3n) is 7.11. The van der Waals surface area contributed by atoms with Crippen molar-refractivity contribution in [3.63, 3.8) is 0 Å². The van der Waals surface area contributed by atoms with Crippen LogP contribution in [0.3, 0.4) is 0 Å². The molecule has 0 bridgehead atoms. The van der Waals surface area contributed by atoms with Gasteiger partial charge in [-0.3, -0.25) is 19.1 Å². The number of rotatable bonds is 4. The first-order chi connectivity index (χ1) is 18.3. The Balaban J connectivity index is 1.49. The lowest BCUT2D eigenvalue weighted by molar-refractivity contribution is 0.374. The molecule has 188 valence electrons. The first kappa shape index (κ1) is 23.6. The lowest BCUT2D eigenvalue weighted by atomic mass is 9.86. The zero-order valence-electron chi connectivity index (χ0n) is 21.6. The number of hydrazine groups is 1. The van der Waals surface area contributed by atoms with Gasteiger partial charge in [-0.25, -0.2) is 15.2 Å². The van der Waals surface area contributed by atoms with Crippen molar-refractivity contribution in [2.24, 2.45) is 7.05 Å². The molecule has 5 aromatic rings. The summed E-state index contributed by atoms with van der Waals surface area (Å²) >= 11 is 0. The van der Waals surface area contributed by atoms with Crippen LogP contribution in [0.25, 0.3) is 44.6 Å². The third kappa shape index (κ3) is 3.74. The maximum absolute atomic E-state index is 13.4. The average Bonchev–Trinajstić information content (AvgIpc) is 3.49. The molecule has 5 heterocycles. The van der Waals surface area contributed by atoms with Crippen molar-refractivity contribution < 1.29 is 0 Å². The molecule has 0 atom stereocenters. The van der Waals surface area contributed by atoms with Crippen LogP contribution >= 0.6 is 0 Å². The molecule has 6 rings (SSSR count). The lowest BCUT2D eigenvalue weighted by Crippen LogP contribution is -2.23. The summed E-state index contributed by atoms with van der Waals surface area (Å²) in [6.07, 6.45) is 5.56. The molecule has 1 N–H and O–H groups in total. The zero-order chi connectivity index (χ0) is 26.6. The van der Waals surface area contributed by atoms with Crippen molar-refractivity contribution in [3.8, 4) is 23.0 Å². The lowest BCUT2D eigenvalue weighted by Gasteiger charge is -2.16. The van der Waals surface area contributed by atoms with Gasteiger partial charge in [0.15, 0.2) is 0 Å². The normalized spacial score (nSPS) is 13.8. The zero-order valence-corrected chi connectivity index (χ0v) is 21.6. The molecule has 0 saturated heterocycles. The van der Waals surface area contributed by atoms with Gasteiger partial charge in [-0.05, 0) is 55.8 Å². The Labute approximate surface area is 219 Å². The van der Waals surface area contributed by atoms with Crippen molar-refractivity contribution in [1.82, 2.24) is 34.5 Å². The van der Waals surface area contributed by atoms with Gasteiger partial charge in [0.05, 0.1) is 45.8 Å². The molecule has 1 aliphatic rings. The van der Waals surface area contributed by atoms with Gasteiger partial charge in [0.1, 0.15) is 11.0 Å². The van der Waals surface area contributed by atoms with E-state index in [9.17, 15) is 10.1 Å². The van der Waals surface area contributed by atoms with Crippen LogP contribution in [0.1, 0.15) is 25.1 Å². The van der Waals surface area contributed by atoms with E-state index < -0.39 is 5.41 Å². The predicted molar refractivity (Wildman–Crippen MR) is 147 cm³/mol. The summed E-state index contributed by atoms with van der Waals surface area (Å²) in [7, 11) is 3.69. The van der Waals surface area contributed by atoms with Crippen molar-refractivity contribution >= 4 is 27.6 Å². The average molecular weight is 503 g/mol. The van der Waals surface area contributed by atoms with Crippen LogP contribution in [0.15, 0.2) is 71.9 Å². The Morgan fingerprint density at radius 3 is 2.39 bits per heavy atom. The van der Waals surface area contributed by atoms with E-state index in [0.717, 1.165) is 34.6 Å². The van der Waals surface area contributed by atoms with Crippen molar-refractivity contribution in [2.45, 2.75) is 19.3 Å². The van der Waals surface area contributed by atoms with E-state index in [0.29, 0.717) is 27.8 Å². The molecule has 9 heteroatoms. The van der Waals surface area contributed by atoms with Crippen LogP contribution in [-0.2, 0) is 12.5 Å². The largest absolute Gasteiger partial charge is 0.333 e. The molecule has 0 radical (unpaired) electrons. The molecule has 9 nitrogen and oxygen atoms in total. The number of pyridine rings is 3. The Morgan fingerprint density at radius 2 is 1.74 bits per heavy atom. The van der Waals surface area contributed by atoms with Gasteiger partial charge >= 0.3 is 5.69 Å². The Bertz CT molecular complexity index is 1840. The van der Waals surface area contributed by atoms with Crippen LogP contribution < -0.4 is 11.1 Å². The van der Waals surface area contributed by atoms with Crippen molar-refractivity contribution in [3.05, 3.63) is 88.9 Å². The van der Waals surface area contributed by atoms with E-state index in [1.165, 1.54) is 0 Å². The maximum atomic E-state index is 13.4. The minimum absolute atomic E-state index is 0.191. The van der Waals surface area contributed by atoms with E-state index in [1.54, 1.807) is 22.4 Å². The highest BCUT2D eigenvalue weighted by Crippen LogP contribution is 2.29. The van der Waals surface area contributed by atoms with Gasteiger partial charge in [-0.1, -0.05) is 12.1 Å². The predicted octanol–water partition coefficient (Wildman–Crippen LogP) is 3.93. The molecule has 1 aromatic carbocycles. The second-order valence-electron chi connectivity index (χ2n) is 10.0. The van der Waals surface area contributed by atoms with Crippen LogP contribution in [-0.4, -0.2) is 42.7 Å². The topological polar surface area (TPSA) is 105 Å². The second kappa shape index (κ2) is 8.64. The molecule has 1 aliphatic heterocycles. The summed E-state index contributed by atoms with van der Waals surface area (Å²) in [5.74, 6) is 0. The Morgan fingerprint density at radius 1 is 0.974 bits per heavy atom. The molecule has 0 saturated carbocycles. The minimum Gasteiger partial charge on any atom is -0.318 e. The summed E-state index contributed by atoms with van der Waals surface area (Å²) in [6.45, 7) is 4.48. The Kier molecular flexibility index (Phi) is 5.36.